The molecule has 1 heterocycles. The molecule has 5 heteroatoms. The molecule has 0 bridgehead atoms. The Morgan fingerprint density at radius 3 is 2.46 bits per heavy atom. The first-order chi connectivity index (χ1) is 12.7. The first-order valence-electron chi connectivity index (χ1n) is 8.85. The quantitative estimate of drug-likeness (QED) is 0.897. The number of nitrogens with one attached hydrogen (secondary N) is 1. The molecule has 26 heavy (non-hydrogen) atoms. The summed E-state index contributed by atoms with van der Waals surface area (Å²) >= 11 is 0. The normalized spacial score (nSPS) is 14.0. The van der Waals surface area contributed by atoms with Crippen molar-refractivity contribution in [2.75, 3.05) is 16.8 Å². The van der Waals surface area contributed by atoms with Gasteiger partial charge in [-0.15, -0.1) is 0 Å². The highest BCUT2D eigenvalue weighted by Crippen LogP contribution is 2.22. The molecule has 1 aliphatic heterocycles. The largest absolute Gasteiger partial charge is 0.326 e. The molecule has 1 aliphatic rings. The smallest absolute Gasteiger partial charge is 0.226 e. The minimum Gasteiger partial charge on any atom is -0.326 e. The van der Waals surface area contributed by atoms with E-state index in [0.29, 0.717) is 24.8 Å². The van der Waals surface area contributed by atoms with E-state index in [1.165, 1.54) is 0 Å². The molecule has 0 atom stereocenters. The summed E-state index contributed by atoms with van der Waals surface area (Å²) in [6.07, 6.45) is 3.59. The molecule has 0 unspecified atom stereocenters. The van der Waals surface area contributed by atoms with Crippen LogP contribution in [0.1, 0.15) is 36.8 Å². The average molecular weight is 347 g/mol. The van der Waals surface area contributed by atoms with Gasteiger partial charge in [-0.3, -0.25) is 9.59 Å². The van der Waals surface area contributed by atoms with Gasteiger partial charge in [0.2, 0.25) is 11.8 Å². The maximum absolute atomic E-state index is 12.1. The SMILES string of the molecule is N#Cc1ccc(CCC(=O)Nc2ccc(N3CCCCC3=O)cc2)cc1. The molecular formula is C21H21N3O2. The van der Waals surface area contributed by atoms with Gasteiger partial charge in [-0.1, -0.05) is 12.1 Å². The van der Waals surface area contributed by atoms with Crippen molar-refractivity contribution >= 4 is 23.2 Å². The van der Waals surface area contributed by atoms with Crippen LogP contribution < -0.4 is 10.2 Å². The van der Waals surface area contributed by atoms with E-state index in [4.69, 9.17) is 5.26 Å². The maximum Gasteiger partial charge on any atom is 0.226 e. The van der Waals surface area contributed by atoms with Gasteiger partial charge < -0.3 is 10.2 Å². The van der Waals surface area contributed by atoms with Crippen LogP contribution in [0.5, 0.6) is 0 Å². The van der Waals surface area contributed by atoms with E-state index in [2.05, 4.69) is 11.4 Å². The van der Waals surface area contributed by atoms with E-state index in [1.54, 1.807) is 17.0 Å². The lowest BCUT2D eigenvalue weighted by molar-refractivity contribution is -0.119. The standard InChI is InChI=1S/C21H21N3O2/c22-15-17-6-4-16(5-7-17)8-13-20(25)23-18-9-11-19(12-10-18)24-14-2-1-3-21(24)26/h4-7,9-12H,1-3,8,13-14H2,(H,23,25). The predicted octanol–water partition coefficient (Wildman–Crippen LogP) is 3.65. The molecule has 1 fully saturated rings. The summed E-state index contributed by atoms with van der Waals surface area (Å²) in [6.45, 7) is 0.759. The lowest BCUT2D eigenvalue weighted by Crippen LogP contribution is -2.35. The van der Waals surface area contributed by atoms with Crippen molar-refractivity contribution in [1.29, 1.82) is 5.26 Å². The molecule has 2 amide bonds. The Bertz CT molecular complexity index is 820. The lowest BCUT2D eigenvalue weighted by Gasteiger charge is -2.26. The number of benzene rings is 2. The third-order valence-electron chi connectivity index (χ3n) is 4.51. The minimum atomic E-state index is -0.0591. The number of carbonyl (C=O) groups is 2. The number of carbonyl (C=O) groups excluding carboxylic acids is 2. The highest BCUT2D eigenvalue weighted by Gasteiger charge is 2.19. The lowest BCUT2D eigenvalue weighted by atomic mass is 10.1. The molecule has 0 aromatic heterocycles. The number of aryl methyl sites for hydroxylation is 1. The Hall–Kier alpha value is -3.13. The van der Waals surface area contributed by atoms with Crippen LogP contribution in [0.3, 0.4) is 0 Å². The van der Waals surface area contributed by atoms with Crippen molar-refractivity contribution in [2.45, 2.75) is 32.1 Å². The molecule has 0 aliphatic carbocycles. The van der Waals surface area contributed by atoms with Gasteiger partial charge in [-0.25, -0.2) is 0 Å². The molecule has 2 aromatic rings. The van der Waals surface area contributed by atoms with Crippen LogP contribution in [-0.2, 0) is 16.0 Å². The van der Waals surface area contributed by atoms with Crippen molar-refractivity contribution in [3.05, 3.63) is 59.7 Å². The third kappa shape index (κ3) is 4.48. The van der Waals surface area contributed by atoms with E-state index in [9.17, 15) is 9.59 Å². The maximum atomic E-state index is 12.1. The van der Waals surface area contributed by atoms with Crippen LogP contribution in [-0.4, -0.2) is 18.4 Å². The Morgan fingerprint density at radius 1 is 1.08 bits per heavy atom. The minimum absolute atomic E-state index is 0.0591. The van der Waals surface area contributed by atoms with Crippen LogP contribution >= 0.6 is 0 Å². The van der Waals surface area contributed by atoms with Crippen LogP contribution in [0.25, 0.3) is 0 Å². The van der Waals surface area contributed by atoms with E-state index < -0.39 is 0 Å². The van der Waals surface area contributed by atoms with Crippen molar-refractivity contribution in [3.8, 4) is 6.07 Å². The van der Waals surface area contributed by atoms with Gasteiger partial charge in [0.05, 0.1) is 11.6 Å². The highest BCUT2D eigenvalue weighted by atomic mass is 16.2. The van der Waals surface area contributed by atoms with Crippen LogP contribution in [0.4, 0.5) is 11.4 Å². The van der Waals surface area contributed by atoms with Crippen molar-refractivity contribution < 1.29 is 9.59 Å². The second kappa shape index (κ2) is 8.30. The van der Waals surface area contributed by atoms with Gasteiger partial charge in [0.15, 0.2) is 0 Å². The number of hydrogen-bond donors (Lipinski definition) is 1. The molecule has 132 valence electrons. The first kappa shape index (κ1) is 17.7. The van der Waals surface area contributed by atoms with E-state index >= 15 is 0 Å². The summed E-state index contributed by atoms with van der Waals surface area (Å²) in [5.41, 5.74) is 3.25. The van der Waals surface area contributed by atoms with Crippen molar-refractivity contribution in [2.24, 2.45) is 0 Å². The number of piperidine rings is 1. The first-order valence-corrected chi connectivity index (χ1v) is 8.85. The van der Waals surface area contributed by atoms with Crippen molar-refractivity contribution in [3.63, 3.8) is 0 Å². The summed E-state index contributed by atoms with van der Waals surface area (Å²) < 4.78 is 0. The average Bonchev–Trinajstić information content (AvgIpc) is 2.68. The van der Waals surface area contributed by atoms with Gasteiger partial charge in [0.1, 0.15) is 0 Å². The van der Waals surface area contributed by atoms with Gasteiger partial charge in [-0.2, -0.15) is 5.26 Å². The number of hydrogen-bond acceptors (Lipinski definition) is 3. The third-order valence-corrected chi connectivity index (χ3v) is 4.51. The zero-order valence-corrected chi connectivity index (χ0v) is 14.6. The van der Waals surface area contributed by atoms with Crippen LogP contribution in [0, 0.1) is 11.3 Å². The molecule has 3 rings (SSSR count). The number of anilines is 2. The second-order valence-corrected chi connectivity index (χ2v) is 6.41. The Labute approximate surface area is 153 Å². The second-order valence-electron chi connectivity index (χ2n) is 6.41. The van der Waals surface area contributed by atoms with Gasteiger partial charge in [-0.05, 0) is 61.2 Å². The van der Waals surface area contributed by atoms with E-state index in [1.807, 2.05) is 36.4 Å². The molecule has 2 aromatic carbocycles. The molecular weight excluding hydrogens is 326 g/mol. The molecule has 5 nitrogen and oxygen atoms in total. The summed E-state index contributed by atoms with van der Waals surface area (Å²) in [6, 6.07) is 16.7. The van der Waals surface area contributed by atoms with Crippen molar-refractivity contribution in [1.82, 2.24) is 0 Å². The van der Waals surface area contributed by atoms with E-state index in [-0.39, 0.29) is 11.8 Å². The summed E-state index contributed by atoms with van der Waals surface area (Å²) in [5, 5.41) is 11.7. The molecule has 1 saturated heterocycles. The summed E-state index contributed by atoms with van der Waals surface area (Å²) in [7, 11) is 0. The van der Waals surface area contributed by atoms with Gasteiger partial charge in [0, 0.05) is 30.8 Å². The number of nitrogens with zero attached hydrogens (tertiary/aromatic N) is 2. The number of rotatable bonds is 5. The Kier molecular flexibility index (Phi) is 5.65. The zero-order chi connectivity index (χ0) is 18.4. The summed E-state index contributed by atoms with van der Waals surface area (Å²) in [5.74, 6) is 0.103. The Morgan fingerprint density at radius 2 is 1.81 bits per heavy atom. The molecule has 0 saturated carbocycles. The summed E-state index contributed by atoms with van der Waals surface area (Å²) in [4.78, 5) is 25.9. The molecule has 0 spiro atoms. The van der Waals surface area contributed by atoms with Crippen LogP contribution in [0.15, 0.2) is 48.5 Å². The van der Waals surface area contributed by atoms with Gasteiger partial charge >= 0.3 is 0 Å². The number of amides is 2. The highest BCUT2D eigenvalue weighted by molar-refractivity contribution is 5.95. The topological polar surface area (TPSA) is 73.2 Å². The zero-order valence-electron chi connectivity index (χ0n) is 14.6. The Balaban J connectivity index is 1.52. The fraction of sp³-hybridized carbons (Fsp3) is 0.286. The molecule has 0 radical (unpaired) electrons. The fourth-order valence-electron chi connectivity index (χ4n) is 3.03. The van der Waals surface area contributed by atoms with Crippen LogP contribution in [0.2, 0.25) is 0 Å². The number of nitriles is 1. The van der Waals surface area contributed by atoms with E-state index in [0.717, 1.165) is 36.3 Å². The predicted molar refractivity (Wildman–Crippen MR) is 101 cm³/mol. The van der Waals surface area contributed by atoms with Gasteiger partial charge in [0.25, 0.3) is 0 Å². The fourth-order valence-corrected chi connectivity index (χ4v) is 3.03. The monoisotopic (exact) mass is 347 g/mol. The molecule has 1 N–H and O–H groups in total.